The molecule has 2 aromatic heterocycles. The zero-order valence-electron chi connectivity index (χ0n) is 10.6. The van der Waals surface area contributed by atoms with Crippen molar-refractivity contribution in [1.82, 2.24) is 24.3 Å². The van der Waals surface area contributed by atoms with Crippen LogP contribution in [0, 0.1) is 6.92 Å². The van der Waals surface area contributed by atoms with Crippen LogP contribution >= 0.6 is 0 Å². The topological polar surface area (TPSA) is 74.8 Å². The molecule has 0 fully saturated rings. The van der Waals surface area contributed by atoms with Crippen molar-refractivity contribution in [2.24, 2.45) is 7.05 Å². The Labute approximate surface area is 104 Å². The van der Waals surface area contributed by atoms with E-state index in [2.05, 4.69) is 15.2 Å². The summed E-state index contributed by atoms with van der Waals surface area (Å²) in [6, 6.07) is 0. The van der Waals surface area contributed by atoms with E-state index in [1.807, 2.05) is 17.8 Å². The van der Waals surface area contributed by atoms with Gasteiger partial charge in [0.15, 0.2) is 0 Å². The molecule has 0 N–H and O–H groups in total. The SMILES string of the molecule is CCOC(=O)c1nnc(C)n1Cc1nccn1C. The molecule has 0 unspecified atom stereocenters. The van der Waals surface area contributed by atoms with Crippen molar-refractivity contribution in [2.45, 2.75) is 20.4 Å². The molecule has 0 radical (unpaired) electrons. The first-order valence-electron chi connectivity index (χ1n) is 5.66. The van der Waals surface area contributed by atoms with Crippen LogP contribution in [0.5, 0.6) is 0 Å². The Morgan fingerprint density at radius 3 is 2.83 bits per heavy atom. The standard InChI is InChI=1S/C11H15N5O2/c1-4-18-11(17)10-14-13-8(2)16(10)7-9-12-5-6-15(9)3/h5-6H,4,7H2,1-3H3. The lowest BCUT2D eigenvalue weighted by atomic mass is 10.5. The molecule has 0 atom stereocenters. The van der Waals surface area contributed by atoms with E-state index in [9.17, 15) is 4.79 Å². The van der Waals surface area contributed by atoms with Gasteiger partial charge in [-0.1, -0.05) is 0 Å². The first kappa shape index (κ1) is 12.3. The molecule has 2 rings (SSSR count). The molecule has 0 aliphatic rings. The highest BCUT2D eigenvalue weighted by molar-refractivity contribution is 5.85. The summed E-state index contributed by atoms with van der Waals surface area (Å²) in [5, 5.41) is 7.75. The summed E-state index contributed by atoms with van der Waals surface area (Å²) in [6.45, 7) is 4.30. The Hall–Kier alpha value is -2.18. The van der Waals surface area contributed by atoms with Gasteiger partial charge in [0.25, 0.3) is 0 Å². The fraction of sp³-hybridized carbons (Fsp3) is 0.455. The lowest BCUT2D eigenvalue weighted by Crippen LogP contribution is -2.16. The Kier molecular flexibility index (Phi) is 3.40. The number of aromatic nitrogens is 5. The van der Waals surface area contributed by atoms with Crippen molar-refractivity contribution in [3.63, 3.8) is 0 Å². The van der Waals surface area contributed by atoms with Crippen LogP contribution in [0.2, 0.25) is 0 Å². The van der Waals surface area contributed by atoms with Crippen LogP contribution in [0.25, 0.3) is 0 Å². The summed E-state index contributed by atoms with van der Waals surface area (Å²) >= 11 is 0. The second kappa shape index (κ2) is 4.99. The Morgan fingerprint density at radius 2 is 2.22 bits per heavy atom. The van der Waals surface area contributed by atoms with Gasteiger partial charge in [0.05, 0.1) is 13.2 Å². The van der Waals surface area contributed by atoms with Crippen LogP contribution in [-0.2, 0) is 18.3 Å². The normalized spacial score (nSPS) is 10.6. The summed E-state index contributed by atoms with van der Waals surface area (Å²) in [5.74, 6) is 1.22. The minimum atomic E-state index is -0.465. The molecule has 0 amide bonds. The van der Waals surface area contributed by atoms with E-state index >= 15 is 0 Å². The molecule has 0 saturated carbocycles. The van der Waals surface area contributed by atoms with Crippen LogP contribution in [0.3, 0.4) is 0 Å². The first-order chi connectivity index (χ1) is 8.63. The predicted molar refractivity (Wildman–Crippen MR) is 63.0 cm³/mol. The second-order valence-corrected chi connectivity index (χ2v) is 3.83. The van der Waals surface area contributed by atoms with Gasteiger partial charge in [0, 0.05) is 19.4 Å². The van der Waals surface area contributed by atoms with E-state index < -0.39 is 5.97 Å². The van der Waals surface area contributed by atoms with Gasteiger partial charge >= 0.3 is 5.97 Å². The number of nitrogens with zero attached hydrogens (tertiary/aromatic N) is 5. The fourth-order valence-corrected chi connectivity index (χ4v) is 1.61. The number of aryl methyl sites for hydroxylation is 2. The highest BCUT2D eigenvalue weighted by Crippen LogP contribution is 2.07. The van der Waals surface area contributed by atoms with Gasteiger partial charge in [-0.3, -0.25) is 4.57 Å². The second-order valence-electron chi connectivity index (χ2n) is 3.83. The number of esters is 1. The van der Waals surface area contributed by atoms with Gasteiger partial charge < -0.3 is 9.30 Å². The van der Waals surface area contributed by atoms with Crippen LogP contribution < -0.4 is 0 Å². The molecule has 2 heterocycles. The van der Waals surface area contributed by atoms with Crippen LogP contribution in [0.1, 0.15) is 29.2 Å². The number of carbonyl (C=O) groups excluding carboxylic acids is 1. The van der Waals surface area contributed by atoms with Gasteiger partial charge in [-0.05, 0) is 13.8 Å². The minimum Gasteiger partial charge on any atom is -0.460 e. The first-order valence-corrected chi connectivity index (χ1v) is 5.66. The molecular weight excluding hydrogens is 234 g/mol. The number of imidazole rings is 1. The predicted octanol–water partition coefficient (Wildman–Crippen LogP) is 0.545. The minimum absolute atomic E-state index is 0.206. The van der Waals surface area contributed by atoms with Crippen molar-refractivity contribution in [2.75, 3.05) is 6.61 Å². The highest BCUT2D eigenvalue weighted by atomic mass is 16.5. The molecule has 7 heteroatoms. The van der Waals surface area contributed by atoms with Crippen molar-refractivity contribution >= 4 is 5.97 Å². The maximum atomic E-state index is 11.7. The van der Waals surface area contributed by atoms with Gasteiger partial charge in [-0.25, -0.2) is 9.78 Å². The quantitative estimate of drug-likeness (QED) is 0.739. The molecule has 0 aliphatic heterocycles. The summed E-state index contributed by atoms with van der Waals surface area (Å²) in [6.07, 6.45) is 3.55. The third-order valence-electron chi connectivity index (χ3n) is 2.61. The van der Waals surface area contributed by atoms with E-state index in [0.717, 1.165) is 5.82 Å². The molecule has 0 aliphatic carbocycles. The van der Waals surface area contributed by atoms with Crippen molar-refractivity contribution in [1.29, 1.82) is 0 Å². The maximum absolute atomic E-state index is 11.7. The smallest absolute Gasteiger partial charge is 0.376 e. The summed E-state index contributed by atoms with van der Waals surface area (Å²) in [4.78, 5) is 15.9. The molecule has 96 valence electrons. The van der Waals surface area contributed by atoms with Crippen LogP contribution in [-0.4, -0.2) is 36.9 Å². The van der Waals surface area contributed by atoms with E-state index in [4.69, 9.17) is 4.74 Å². The third-order valence-corrected chi connectivity index (χ3v) is 2.61. The van der Waals surface area contributed by atoms with Crippen molar-refractivity contribution in [3.8, 4) is 0 Å². The van der Waals surface area contributed by atoms with Crippen molar-refractivity contribution in [3.05, 3.63) is 29.9 Å². The molecule has 18 heavy (non-hydrogen) atoms. The largest absolute Gasteiger partial charge is 0.460 e. The lowest BCUT2D eigenvalue weighted by Gasteiger charge is -2.07. The molecule has 0 aromatic carbocycles. The maximum Gasteiger partial charge on any atom is 0.376 e. The Morgan fingerprint density at radius 1 is 1.44 bits per heavy atom. The zero-order valence-corrected chi connectivity index (χ0v) is 10.6. The molecule has 0 bridgehead atoms. The van der Waals surface area contributed by atoms with E-state index in [0.29, 0.717) is 19.0 Å². The summed E-state index contributed by atoms with van der Waals surface area (Å²) in [5.41, 5.74) is 0. The van der Waals surface area contributed by atoms with Crippen LogP contribution in [0.15, 0.2) is 12.4 Å². The monoisotopic (exact) mass is 249 g/mol. The average molecular weight is 249 g/mol. The van der Waals surface area contributed by atoms with E-state index in [1.165, 1.54) is 0 Å². The van der Waals surface area contributed by atoms with Gasteiger partial charge in [-0.2, -0.15) is 0 Å². The Bertz CT molecular complexity index is 558. The number of rotatable bonds is 4. The summed E-state index contributed by atoms with van der Waals surface area (Å²) < 4.78 is 8.52. The lowest BCUT2D eigenvalue weighted by molar-refractivity contribution is 0.0506. The number of hydrogen-bond donors (Lipinski definition) is 0. The van der Waals surface area contributed by atoms with E-state index in [-0.39, 0.29) is 5.82 Å². The van der Waals surface area contributed by atoms with Gasteiger partial charge in [0.1, 0.15) is 11.6 Å². The molecular formula is C11H15N5O2. The molecule has 7 nitrogen and oxygen atoms in total. The molecule has 2 aromatic rings. The number of hydrogen-bond acceptors (Lipinski definition) is 5. The highest BCUT2D eigenvalue weighted by Gasteiger charge is 2.18. The third kappa shape index (κ3) is 2.24. The van der Waals surface area contributed by atoms with E-state index in [1.54, 1.807) is 24.6 Å². The zero-order chi connectivity index (χ0) is 13.1. The Balaban J connectivity index is 2.30. The molecule has 0 spiro atoms. The van der Waals surface area contributed by atoms with Crippen molar-refractivity contribution < 1.29 is 9.53 Å². The number of carbonyl (C=O) groups is 1. The van der Waals surface area contributed by atoms with Crippen LogP contribution in [0.4, 0.5) is 0 Å². The molecule has 0 saturated heterocycles. The number of ether oxygens (including phenoxy) is 1. The average Bonchev–Trinajstić information content (AvgIpc) is 2.89. The van der Waals surface area contributed by atoms with Gasteiger partial charge in [0.2, 0.25) is 5.82 Å². The van der Waals surface area contributed by atoms with Gasteiger partial charge in [-0.15, -0.1) is 10.2 Å². The fourth-order valence-electron chi connectivity index (χ4n) is 1.61. The summed E-state index contributed by atoms with van der Waals surface area (Å²) in [7, 11) is 1.89.